The number of amides is 2. The molecule has 2 amide bonds. The lowest BCUT2D eigenvalue weighted by atomic mass is 9.96. The van der Waals surface area contributed by atoms with Gasteiger partial charge in [-0.05, 0) is 60.4 Å². The number of anilines is 1. The molecular formula is C24H28N2O5. The standard InChI is InChI=1S/C24H28N2O5/c1-5-30-23(29)31-20-12-8-18(9-13-20)22(28)26-19-10-6-17(7-11-19)16-25-21(27)14-15-24(2,3)4/h6-15H,5,16H2,1-4H3,(H,25,27)(H,26,28)/b15-14+. The molecule has 0 aliphatic rings. The maximum atomic E-state index is 12.4. The molecule has 0 fully saturated rings. The lowest BCUT2D eigenvalue weighted by molar-refractivity contribution is -0.116. The fraction of sp³-hybridized carbons (Fsp3) is 0.292. The second-order valence-electron chi connectivity index (χ2n) is 7.88. The van der Waals surface area contributed by atoms with Gasteiger partial charge in [-0.1, -0.05) is 39.0 Å². The third-order valence-corrected chi connectivity index (χ3v) is 3.99. The Morgan fingerprint density at radius 1 is 0.968 bits per heavy atom. The third kappa shape index (κ3) is 8.74. The van der Waals surface area contributed by atoms with Crippen LogP contribution in [0.15, 0.2) is 60.7 Å². The number of ether oxygens (including phenoxy) is 2. The molecule has 0 aliphatic heterocycles. The summed E-state index contributed by atoms with van der Waals surface area (Å²) in [5.41, 5.74) is 1.90. The van der Waals surface area contributed by atoms with Crippen LogP contribution in [-0.2, 0) is 16.1 Å². The van der Waals surface area contributed by atoms with Crippen molar-refractivity contribution in [2.24, 2.45) is 5.41 Å². The predicted octanol–water partition coefficient (Wildman–Crippen LogP) is 4.69. The average Bonchev–Trinajstić information content (AvgIpc) is 2.72. The number of allylic oxidation sites excluding steroid dienone is 1. The van der Waals surface area contributed by atoms with Crippen molar-refractivity contribution in [1.29, 1.82) is 0 Å². The Hall–Kier alpha value is -3.61. The first-order valence-electron chi connectivity index (χ1n) is 9.98. The van der Waals surface area contributed by atoms with Gasteiger partial charge in [0.15, 0.2) is 0 Å². The molecule has 7 nitrogen and oxygen atoms in total. The molecular weight excluding hydrogens is 396 g/mol. The molecule has 0 radical (unpaired) electrons. The van der Waals surface area contributed by atoms with Crippen molar-refractivity contribution in [2.75, 3.05) is 11.9 Å². The highest BCUT2D eigenvalue weighted by molar-refractivity contribution is 6.04. The summed E-state index contributed by atoms with van der Waals surface area (Å²) in [4.78, 5) is 35.6. The van der Waals surface area contributed by atoms with Crippen molar-refractivity contribution in [3.8, 4) is 5.75 Å². The van der Waals surface area contributed by atoms with Gasteiger partial charge in [0.05, 0.1) is 6.61 Å². The molecule has 0 bridgehead atoms. The first kappa shape index (κ1) is 23.7. The van der Waals surface area contributed by atoms with E-state index >= 15 is 0 Å². The van der Waals surface area contributed by atoms with Crippen molar-refractivity contribution < 1.29 is 23.9 Å². The van der Waals surface area contributed by atoms with Crippen LogP contribution in [0.4, 0.5) is 10.5 Å². The number of nitrogens with one attached hydrogen (secondary N) is 2. The summed E-state index contributed by atoms with van der Waals surface area (Å²) in [5, 5.41) is 5.62. The van der Waals surface area contributed by atoms with Gasteiger partial charge in [-0.3, -0.25) is 9.59 Å². The normalized spacial score (nSPS) is 11.1. The zero-order valence-corrected chi connectivity index (χ0v) is 18.2. The number of benzene rings is 2. The average molecular weight is 424 g/mol. The highest BCUT2D eigenvalue weighted by atomic mass is 16.7. The minimum Gasteiger partial charge on any atom is -0.434 e. The smallest absolute Gasteiger partial charge is 0.434 e. The Kier molecular flexibility index (Phi) is 8.37. The van der Waals surface area contributed by atoms with Crippen LogP contribution in [0.5, 0.6) is 5.75 Å². The topological polar surface area (TPSA) is 93.7 Å². The molecule has 0 spiro atoms. The van der Waals surface area contributed by atoms with Crippen LogP contribution in [0.25, 0.3) is 0 Å². The summed E-state index contributed by atoms with van der Waals surface area (Å²) in [5.74, 6) is -0.155. The Bertz CT molecular complexity index is 926. The van der Waals surface area contributed by atoms with Crippen LogP contribution in [0, 0.1) is 5.41 Å². The molecule has 0 aliphatic carbocycles. The van der Waals surface area contributed by atoms with E-state index in [1.165, 1.54) is 18.2 Å². The predicted molar refractivity (Wildman–Crippen MR) is 119 cm³/mol. The van der Waals surface area contributed by atoms with Gasteiger partial charge in [-0.2, -0.15) is 0 Å². The van der Waals surface area contributed by atoms with E-state index in [9.17, 15) is 14.4 Å². The van der Waals surface area contributed by atoms with E-state index in [0.717, 1.165) is 5.56 Å². The van der Waals surface area contributed by atoms with E-state index in [1.54, 1.807) is 31.2 Å². The van der Waals surface area contributed by atoms with Crippen LogP contribution in [-0.4, -0.2) is 24.6 Å². The number of carbonyl (C=O) groups excluding carboxylic acids is 3. The monoisotopic (exact) mass is 424 g/mol. The molecule has 0 heterocycles. The molecule has 0 unspecified atom stereocenters. The Morgan fingerprint density at radius 2 is 1.61 bits per heavy atom. The quantitative estimate of drug-likeness (QED) is 0.382. The first-order valence-corrected chi connectivity index (χ1v) is 9.98. The molecule has 7 heteroatoms. The number of hydrogen-bond acceptors (Lipinski definition) is 5. The molecule has 0 saturated carbocycles. The fourth-order valence-electron chi connectivity index (χ4n) is 2.40. The second-order valence-corrected chi connectivity index (χ2v) is 7.88. The molecule has 2 rings (SSSR count). The zero-order valence-electron chi connectivity index (χ0n) is 18.2. The minimum atomic E-state index is -0.791. The third-order valence-electron chi connectivity index (χ3n) is 3.99. The summed E-state index contributed by atoms with van der Waals surface area (Å²) in [7, 11) is 0. The van der Waals surface area contributed by atoms with Gasteiger partial charge >= 0.3 is 6.16 Å². The van der Waals surface area contributed by atoms with E-state index in [4.69, 9.17) is 9.47 Å². The van der Waals surface area contributed by atoms with E-state index < -0.39 is 6.16 Å². The minimum absolute atomic E-state index is 0.0502. The SMILES string of the molecule is CCOC(=O)Oc1ccc(C(=O)Nc2ccc(CNC(=O)/C=C/C(C)(C)C)cc2)cc1. The maximum Gasteiger partial charge on any atom is 0.513 e. The fourth-order valence-corrected chi connectivity index (χ4v) is 2.40. The van der Waals surface area contributed by atoms with Gasteiger partial charge in [0.25, 0.3) is 5.91 Å². The van der Waals surface area contributed by atoms with Gasteiger partial charge in [0.1, 0.15) is 5.75 Å². The molecule has 0 aromatic heterocycles. The molecule has 31 heavy (non-hydrogen) atoms. The summed E-state index contributed by atoms with van der Waals surface area (Å²) in [6.45, 7) is 8.37. The molecule has 2 aromatic rings. The molecule has 2 aromatic carbocycles. The van der Waals surface area contributed by atoms with Crippen molar-refractivity contribution >= 4 is 23.7 Å². The first-order chi connectivity index (χ1) is 14.7. The summed E-state index contributed by atoms with van der Waals surface area (Å²) >= 11 is 0. The Morgan fingerprint density at radius 3 is 2.19 bits per heavy atom. The summed E-state index contributed by atoms with van der Waals surface area (Å²) in [6.07, 6.45) is 2.61. The number of carbonyl (C=O) groups is 3. The van der Waals surface area contributed by atoms with Crippen molar-refractivity contribution in [1.82, 2.24) is 5.32 Å². The van der Waals surface area contributed by atoms with E-state index in [1.807, 2.05) is 39.0 Å². The zero-order chi connectivity index (χ0) is 22.9. The number of rotatable bonds is 7. The largest absolute Gasteiger partial charge is 0.513 e. The van der Waals surface area contributed by atoms with Gasteiger partial charge in [0.2, 0.25) is 5.91 Å². The second kappa shape index (κ2) is 11.0. The molecule has 0 atom stereocenters. The van der Waals surface area contributed by atoms with Crippen molar-refractivity contribution in [3.63, 3.8) is 0 Å². The van der Waals surface area contributed by atoms with Crippen molar-refractivity contribution in [3.05, 3.63) is 71.8 Å². The van der Waals surface area contributed by atoms with Crippen molar-refractivity contribution in [2.45, 2.75) is 34.2 Å². The van der Waals surface area contributed by atoms with Crippen LogP contribution in [0.3, 0.4) is 0 Å². The Balaban J connectivity index is 1.86. The maximum absolute atomic E-state index is 12.4. The summed E-state index contributed by atoms with van der Waals surface area (Å²) in [6, 6.07) is 13.3. The molecule has 164 valence electrons. The number of hydrogen-bond donors (Lipinski definition) is 2. The lowest BCUT2D eigenvalue weighted by Crippen LogP contribution is -2.21. The van der Waals surface area contributed by atoms with Crippen LogP contribution in [0.2, 0.25) is 0 Å². The van der Waals surface area contributed by atoms with Crippen LogP contribution in [0.1, 0.15) is 43.6 Å². The van der Waals surface area contributed by atoms with Gasteiger partial charge < -0.3 is 20.1 Å². The van der Waals surface area contributed by atoms with Crippen LogP contribution >= 0.6 is 0 Å². The van der Waals surface area contributed by atoms with Gasteiger partial charge in [-0.25, -0.2) is 4.79 Å². The highest BCUT2D eigenvalue weighted by Gasteiger charge is 2.09. The van der Waals surface area contributed by atoms with E-state index in [-0.39, 0.29) is 23.8 Å². The van der Waals surface area contributed by atoms with E-state index in [2.05, 4.69) is 10.6 Å². The lowest BCUT2D eigenvalue weighted by Gasteiger charge is -2.11. The Labute approximate surface area is 182 Å². The van der Waals surface area contributed by atoms with Crippen LogP contribution < -0.4 is 15.4 Å². The van der Waals surface area contributed by atoms with E-state index in [0.29, 0.717) is 23.5 Å². The summed E-state index contributed by atoms with van der Waals surface area (Å²) < 4.78 is 9.67. The highest BCUT2D eigenvalue weighted by Crippen LogP contribution is 2.16. The molecule has 0 saturated heterocycles. The van der Waals surface area contributed by atoms with Gasteiger partial charge in [-0.15, -0.1) is 0 Å². The molecule has 2 N–H and O–H groups in total. The van der Waals surface area contributed by atoms with Gasteiger partial charge in [0, 0.05) is 17.8 Å².